The van der Waals surface area contributed by atoms with Crippen LogP contribution in [-0.4, -0.2) is 88.8 Å². The summed E-state index contributed by atoms with van der Waals surface area (Å²) in [6, 6.07) is 7.27. The van der Waals surface area contributed by atoms with Gasteiger partial charge in [-0.3, -0.25) is 14.2 Å². The Labute approximate surface area is 238 Å². The normalized spacial score (nSPS) is 19.1. The van der Waals surface area contributed by atoms with Gasteiger partial charge in [-0.1, -0.05) is 17.7 Å². The monoisotopic (exact) mass is 567 g/mol. The van der Waals surface area contributed by atoms with Crippen molar-refractivity contribution in [3.8, 4) is 11.7 Å². The number of nitrogens with zero attached hydrogens (tertiary/aromatic N) is 6. The number of aryl methyl sites for hydroxylation is 1. The molecule has 1 aromatic carbocycles. The standard InChI is InChI=1S/C28H34ClN7O4/c1-19-13-25(33-28(32-19)35-9-8-30-18-35)36-11-10-34(27(38)21-6-12-40-17-21)16-22(36)15-26(37)31-7-5-20-3-4-24(39-2)23(29)14-20/h3-4,8-9,13-14,18,21-22H,5-7,10-12,15-17H2,1-2H3,(H,31,37). The first kappa shape index (κ1) is 27.9. The maximum absolute atomic E-state index is 13.2. The van der Waals surface area contributed by atoms with Crippen molar-refractivity contribution in [1.82, 2.24) is 29.7 Å². The molecule has 2 amide bonds. The van der Waals surface area contributed by atoms with Gasteiger partial charge in [0, 0.05) is 63.4 Å². The van der Waals surface area contributed by atoms with E-state index in [4.69, 9.17) is 26.1 Å². The Morgan fingerprint density at radius 2 is 2.10 bits per heavy atom. The molecule has 2 aliphatic rings. The molecule has 2 aromatic heterocycles. The van der Waals surface area contributed by atoms with Crippen LogP contribution in [0.4, 0.5) is 5.82 Å². The average Bonchev–Trinajstić information content (AvgIpc) is 3.68. The van der Waals surface area contributed by atoms with Crippen LogP contribution in [0, 0.1) is 12.8 Å². The highest BCUT2D eigenvalue weighted by Gasteiger charge is 2.35. The summed E-state index contributed by atoms with van der Waals surface area (Å²) in [7, 11) is 1.58. The van der Waals surface area contributed by atoms with Crippen molar-refractivity contribution >= 4 is 29.2 Å². The van der Waals surface area contributed by atoms with E-state index in [1.807, 2.05) is 36.1 Å². The molecule has 0 bridgehead atoms. The number of amides is 2. The van der Waals surface area contributed by atoms with Gasteiger partial charge in [-0.05, 0) is 37.5 Å². The minimum absolute atomic E-state index is 0.0891. The summed E-state index contributed by atoms with van der Waals surface area (Å²) in [6.07, 6.45) is 6.71. The second-order valence-electron chi connectivity index (χ2n) is 10.1. The van der Waals surface area contributed by atoms with Gasteiger partial charge in [0.05, 0.1) is 30.7 Å². The fourth-order valence-corrected chi connectivity index (χ4v) is 5.47. The molecule has 2 atom stereocenters. The molecule has 4 heterocycles. The van der Waals surface area contributed by atoms with Gasteiger partial charge in [0.2, 0.25) is 17.8 Å². The van der Waals surface area contributed by atoms with Gasteiger partial charge in [0.25, 0.3) is 0 Å². The average molecular weight is 568 g/mol. The fourth-order valence-electron chi connectivity index (χ4n) is 5.19. The molecule has 11 nitrogen and oxygen atoms in total. The molecular weight excluding hydrogens is 534 g/mol. The predicted octanol–water partition coefficient (Wildman–Crippen LogP) is 2.44. The molecular formula is C28H34ClN7O4. The van der Waals surface area contributed by atoms with E-state index >= 15 is 0 Å². The topological polar surface area (TPSA) is 115 Å². The zero-order valence-electron chi connectivity index (χ0n) is 22.8. The molecule has 2 aliphatic heterocycles. The van der Waals surface area contributed by atoms with E-state index in [1.165, 1.54) is 0 Å². The highest BCUT2D eigenvalue weighted by molar-refractivity contribution is 6.32. The zero-order valence-corrected chi connectivity index (χ0v) is 23.5. The van der Waals surface area contributed by atoms with Crippen LogP contribution in [0.1, 0.15) is 24.1 Å². The lowest BCUT2D eigenvalue weighted by molar-refractivity contribution is -0.137. The molecule has 0 radical (unpaired) electrons. The molecule has 212 valence electrons. The van der Waals surface area contributed by atoms with Crippen molar-refractivity contribution in [1.29, 1.82) is 0 Å². The Balaban J connectivity index is 1.29. The molecule has 1 N–H and O–H groups in total. The lowest BCUT2D eigenvalue weighted by Crippen LogP contribution is -2.57. The second kappa shape index (κ2) is 12.6. The number of carbonyl (C=O) groups is 2. The maximum atomic E-state index is 13.2. The molecule has 5 rings (SSSR count). The number of imidazole rings is 1. The van der Waals surface area contributed by atoms with Gasteiger partial charge in [-0.15, -0.1) is 0 Å². The number of ether oxygens (including phenoxy) is 2. The third-order valence-corrected chi connectivity index (χ3v) is 7.60. The third kappa shape index (κ3) is 6.53. The van der Waals surface area contributed by atoms with Crippen LogP contribution in [0.25, 0.3) is 5.95 Å². The summed E-state index contributed by atoms with van der Waals surface area (Å²) >= 11 is 6.24. The molecule has 0 aliphatic carbocycles. The molecule has 0 spiro atoms. The highest BCUT2D eigenvalue weighted by Crippen LogP contribution is 2.26. The first-order chi connectivity index (χ1) is 19.4. The van der Waals surface area contributed by atoms with Crippen molar-refractivity contribution in [3.63, 3.8) is 0 Å². The van der Waals surface area contributed by atoms with Gasteiger partial charge in [0.1, 0.15) is 17.9 Å². The molecule has 2 fully saturated rings. The van der Waals surface area contributed by atoms with Gasteiger partial charge in [-0.25, -0.2) is 9.97 Å². The summed E-state index contributed by atoms with van der Waals surface area (Å²) in [5.74, 6) is 1.73. The smallest absolute Gasteiger partial charge is 0.237 e. The Kier molecular flexibility index (Phi) is 8.81. The van der Waals surface area contributed by atoms with E-state index in [-0.39, 0.29) is 30.2 Å². The number of nitrogens with one attached hydrogen (secondary N) is 1. The largest absolute Gasteiger partial charge is 0.495 e. The Morgan fingerprint density at radius 1 is 1.23 bits per heavy atom. The Morgan fingerprint density at radius 3 is 2.83 bits per heavy atom. The number of hydrogen-bond acceptors (Lipinski definition) is 8. The van der Waals surface area contributed by atoms with Gasteiger partial charge in [-0.2, -0.15) is 4.98 Å². The quantitative estimate of drug-likeness (QED) is 0.419. The highest BCUT2D eigenvalue weighted by atomic mass is 35.5. The number of aromatic nitrogens is 4. The zero-order chi connectivity index (χ0) is 28.1. The van der Waals surface area contributed by atoms with E-state index in [9.17, 15) is 9.59 Å². The van der Waals surface area contributed by atoms with Crippen LogP contribution >= 0.6 is 11.6 Å². The van der Waals surface area contributed by atoms with E-state index in [2.05, 4.69) is 20.2 Å². The number of anilines is 1. The number of carbonyl (C=O) groups excluding carboxylic acids is 2. The lowest BCUT2D eigenvalue weighted by atomic mass is 10.0. The Bertz CT molecular complexity index is 1330. The minimum Gasteiger partial charge on any atom is -0.495 e. The van der Waals surface area contributed by atoms with Crippen LogP contribution < -0.4 is 15.0 Å². The van der Waals surface area contributed by atoms with Gasteiger partial charge < -0.3 is 24.6 Å². The van der Waals surface area contributed by atoms with Crippen LogP contribution in [0.5, 0.6) is 5.75 Å². The lowest BCUT2D eigenvalue weighted by Gasteiger charge is -2.42. The van der Waals surface area contributed by atoms with Gasteiger partial charge in [0.15, 0.2) is 0 Å². The number of halogens is 1. The molecule has 2 unspecified atom stereocenters. The summed E-state index contributed by atoms with van der Waals surface area (Å²) in [6.45, 7) is 4.99. The number of rotatable bonds is 9. The van der Waals surface area contributed by atoms with E-state index in [1.54, 1.807) is 30.4 Å². The number of piperazine rings is 1. The molecule has 12 heteroatoms. The molecule has 2 saturated heterocycles. The van der Waals surface area contributed by atoms with E-state index in [0.717, 1.165) is 23.5 Å². The predicted molar refractivity (Wildman–Crippen MR) is 150 cm³/mol. The summed E-state index contributed by atoms with van der Waals surface area (Å²) in [4.78, 5) is 43.8. The number of methoxy groups -OCH3 is 1. The summed E-state index contributed by atoms with van der Waals surface area (Å²) in [5.41, 5.74) is 1.81. The van der Waals surface area contributed by atoms with Crippen LogP contribution in [0.15, 0.2) is 43.0 Å². The first-order valence-corrected chi connectivity index (χ1v) is 13.9. The summed E-state index contributed by atoms with van der Waals surface area (Å²) < 4.78 is 12.4. The molecule has 0 saturated carbocycles. The molecule has 3 aromatic rings. The number of hydrogen-bond donors (Lipinski definition) is 1. The summed E-state index contributed by atoms with van der Waals surface area (Å²) in [5, 5.41) is 3.57. The van der Waals surface area contributed by atoms with Crippen LogP contribution in [0.3, 0.4) is 0 Å². The third-order valence-electron chi connectivity index (χ3n) is 7.30. The van der Waals surface area contributed by atoms with Crippen LogP contribution in [0.2, 0.25) is 5.02 Å². The SMILES string of the molecule is COc1ccc(CCNC(=O)CC2CN(C(=O)C3CCOC3)CCN2c2cc(C)nc(-n3ccnc3)n2)cc1Cl. The minimum atomic E-state index is -0.250. The van der Waals surface area contributed by atoms with Crippen molar-refractivity contribution in [2.45, 2.75) is 32.2 Å². The number of benzene rings is 1. The van der Waals surface area contributed by atoms with Crippen molar-refractivity contribution in [2.75, 3.05) is 51.4 Å². The first-order valence-electron chi connectivity index (χ1n) is 13.5. The van der Waals surface area contributed by atoms with Crippen molar-refractivity contribution < 1.29 is 19.1 Å². The maximum Gasteiger partial charge on any atom is 0.237 e. The van der Waals surface area contributed by atoms with Gasteiger partial charge >= 0.3 is 0 Å². The van der Waals surface area contributed by atoms with Crippen molar-refractivity contribution in [2.24, 2.45) is 5.92 Å². The van der Waals surface area contributed by atoms with Crippen LogP contribution in [-0.2, 0) is 20.7 Å². The second-order valence-corrected chi connectivity index (χ2v) is 10.5. The van der Waals surface area contributed by atoms with E-state index in [0.29, 0.717) is 62.5 Å². The Hall–Kier alpha value is -3.70. The van der Waals surface area contributed by atoms with Crippen molar-refractivity contribution in [3.05, 3.63) is 59.3 Å². The fraction of sp³-hybridized carbons (Fsp3) is 0.464. The van der Waals surface area contributed by atoms with E-state index < -0.39 is 0 Å². The molecule has 40 heavy (non-hydrogen) atoms.